The summed E-state index contributed by atoms with van der Waals surface area (Å²) in [6.07, 6.45) is 5.26. The molecule has 0 aliphatic rings. The highest BCUT2D eigenvalue weighted by molar-refractivity contribution is 5.67. The summed E-state index contributed by atoms with van der Waals surface area (Å²) in [6.45, 7) is 6.08. The summed E-state index contributed by atoms with van der Waals surface area (Å²) < 4.78 is 0. The average Bonchev–Trinajstić information content (AvgIpc) is 2.19. The Morgan fingerprint density at radius 1 is 1.14 bits per heavy atom. The van der Waals surface area contributed by atoms with Crippen LogP contribution in [0, 0.1) is 0 Å². The number of carbonyl (C=O) groups is 1. The average molecular weight is 205 g/mol. The molecule has 0 unspecified atom stereocenters. The van der Waals surface area contributed by atoms with Crippen molar-refractivity contribution in [2.75, 3.05) is 19.7 Å². The van der Waals surface area contributed by atoms with E-state index in [0.717, 1.165) is 0 Å². The van der Waals surface area contributed by atoms with Gasteiger partial charge >= 0.3 is 5.97 Å². The zero-order valence-electron chi connectivity index (χ0n) is 9.25. The summed E-state index contributed by atoms with van der Waals surface area (Å²) in [6, 6.07) is 0. The van der Waals surface area contributed by atoms with Crippen LogP contribution in [0.1, 0.15) is 39.5 Å². The lowest BCUT2D eigenvalue weighted by Gasteiger charge is -1.99. The molecule has 0 aromatic carbocycles. The maximum atomic E-state index is 9.12. The standard InChI is InChI=1S/C8H19N.C2H4O3/c1-3-5-7-9-8-6-4-2;3-1-2(4)5/h9H,3-8H2,1-2H3;3H,1H2,(H,4,5). The third kappa shape index (κ3) is 22.5. The Labute approximate surface area is 86.3 Å². The lowest BCUT2D eigenvalue weighted by atomic mass is 10.3. The van der Waals surface area contributed by atoms with E-state index in [1.54, 1.807) is 0 Å². The zero-order chi connectivity index (χ0) is 11.2. The van der Waals surface area contributed by atoms with Crippen molar-refractivity contribution < 1.29 is 15.0 Å². The van der Waals surface area contributed by atoms with Crippen LogP contribution in [0.5, 0.6) is 0 Å². The number of carboxylic acids is 1. The number of unbranched alkanes of at least 4 members (excludes halogenated alkanes) is 2. The largest absolute Gasteiger partial charge is 0.480 e. The molecule has 0 radical (unpaired) electrons. The summed E-state index contributed by atoms with van der Waals surface area (Å²) in [5.74, 6) is -1.19. The van der Waals surface area contributed by atoms with Gasteiger partial charge in [0.1, 0.15) is 6.61 Å². The van der Waals surface area contributed by atoms with Crippen molar-refractivity contribution >= 4 is 5.97 Å². The van der Waals surface area contributed by atoms with Gasteiger partial charge in [-0.15, -0.1) is 0 Å². The number of nitrogens with one attached hydrogen (secondary N) is 1. The van der Waals surface area contributed by atoms with E-state index in [4.69, 9.17) is 15.0 Å². The molecule has 0 rings (SSSR count). The van der Waals surface area contributed by atoms with Gasteiger partial charge in [0.2, 0.25) is 0 Å². The Morgan fingerprint density at radius 3 is 1.71 bits per heavy atom. The van der Waals surface area contributed by atoms with Crippen LogP contribution in [0.15, 0.2) is 0 Å². The molecule has 0 aromatic heterocycles. The Morgan fingerprint density at radius 2 is 1.50 bits per heavy atom. The maximum absolute atomic E-state index is 9.12. The Kier molecular flexibility index (Phi) is 16.9. The van der Waals surface area contributed by atoms with Gasteiger partial charge in [-0.2, -0.15) is 0 Å². The molecule has 0 aliphatic heterocycles. The first-order valence-corrected chi connectivity index (χ1v) is 5.22. The van der Waals surface area contributed by atoms with Crippen LogP contribution in [0.2, 0.25) is 0 Å². The molecule has 4 heteroatoms. The zero-order valence-corrected chi connectivity index (χ0v) is 9.25. The molecule has 0 aromatic rings. The second-order valence-corrected chi connectivity index (χ2v) is 3.01. The maximum Gasteiger partial charge on any atom is 0.329 e. The van der Waals surface area contributed by atoms with Crippen molar-refractivity contribution in [2.45, 2.75) is 39.5 Å². The lowest BCUT2D eigenvalue weighted by molar-refractivity contribution is -0.140. The minimum Gasteiger partial charge on any atom is -0.480 e. The third-order valence-electron chi connectivity index (χ3n) is 1.55. The Balaban J connectivity index is 0. The molecule has 0 aliphatic carbocycles. The first-order chi connectivity index (χ1) is 6.68. The first-order valence-electron chi connectivity index (χ1n) is 5.22. The van der Waals surface area contributed by atoms with Gasteiger partial charge in [-0.3, -0.25) is 0 Å². The van der Waals surface area contributed by atoms with Crippen LogP contribution >= 0.6 is 0 Å². The van der Waals surface area contributed by atoms with Crippen molar-refractivity contribution in [3.8, 4) is 0 Å². The van der Waals surface area contributed by atoms with Crippen LogP contribution in [-0.4, -0.2) is 35.9 Å². The van der Waals surface area contributed by atoms with Crippen LogP contribution in [0.25, 0.3) is 0 Å². The number of aliphatic hydroxyl groups excluding tert-OH is 1. The molecule has 14 heavy (non-hydrogen) atoms. The predicted octanol–water partition coefficient (Wildman–Crippen LogP) is 1.24. The number of aliphatic carboxylic acids is 1. The van der Waals surface area contributed by atoms with Crippen molar-refractivity contribution in [1.29, 1.82) is 0 Å². The van der Waals surface area contributed by atoms with Gasteiger partial charge in [0.25, 0.3) is 0 Å². The molecule has 4 nitrogen and oxygen atoms in total. The van der Waals surface area contributed by atoms with Crippen molar-refractivity contribution in [1.82, 2.24) is 5.32 Å². The smallest absolute Gasteiger partial charge is 0.329 e. The molecule has 0 heterocycles. The molecule has 0 amide bonds. The highest BCUT2D eigenvalue weighted by atomic mass is 16.4. The highest BCUT2D eigenvalue weighted by Crippen LogP contribution is 1.85. The van der Waals surface area contributed by atoms with E-state index < -0.39 is 12.6 Å². The molecule has 0 spiro atoms. The molecule has 0 bridgehead atoms. The Hall–Kier alpha value is -0.610. The first kappa shape index (κ1) is 15.8. The number of rotatable bonds is 7. The molecular formula is C10H23NO3. The number of aliphatic hydroxyl groups is 1. The quantitative estimate of drug-likeness (QED) is 0.547. The summed E-state index contributed by atoms with van der Waals surface area (Å²) in [5, 5.41) is 18.4. The van der Waals surface area contributed by atoms with Gasteiger partial charge in [-0.05, 0) is 25.9 Å². The number of hydrogen-bond acceptors (Lipinski definition) is 3. The molecule has 0 saturated carbocycles. The summed E-state index contributed by atoms with van der Waals surface area (Å²) >= 11 is 0. The summed E-state index contributed by atoms with van der Waals surface area (Å²) in [4.78, 5) is 9.12. The van der Waals surface area contributed by atoms with Crippen molar-refractivity contribution in [3.63, 3.8) is 0 Å². The van der Waals surface area contributed by atoms with E-state index in [1.165, 1.54) is 38.8 Å². The fourth-order valence-electron chi connectivity index (χ4n) is 0.729. The van der Waals surface area contributed by atoms with Gasteiger partial charge < -0.3 is 15.5 Å². The van der Waals surface area contributed by atoms with E-state index in [1.807, 2.05) is 0 Å². The van der Waals surface area contributed by atoms with Crippen molar-refractivity contribution in [2.24, 2.45) is 0 Å². The predicted molar refractivity (Wildman–Crippen MR) is 57.4 cm³/mol. The third-order valence-corrected chi connectivity index (χ3v) is 1.55. The van der Waals surface area contributed by atoms with Gasteiger partial charge in [-0.25, -0.2) is 4.79 Å². The fourth-order valence-corrected chi connectivity index (χ4v) is 0.729. The molecule has 86 valence electrons. The van der Waals surface area contributed by atoms with Crippen LogP contribution < -0.4 is 5.32 Å². The van der Waals surface area contributed by atoms with Crippen LogP contribution in [0.3, 0.4) is 0 Å². The van der Waals surface area contributed by atoms with E-state index in [2.05, 4.69) is 19.2 Å². The minimum absolute atomic E-state index is 0.778. The van der Waals surface area contributed by atoms with Crippen LogP contribution in [0.4, 0.5) is 0 Å². The molecule has 3 N–H and O–H groups in total. The minimum atomic E-state index is -1.19. The van der Waals surface area contributed by atoms with E-state index in [-0.39, 0.29) is 0 Å². The lowest BCUT2D eigenvalue weighted by Crippen LogP contribution is -2.15. The fraction of sp³-hybridized carbons (Fsp3) is 0.900. The summed E-state index contributed by atoms with van der Waals surface area (Å²) in [5.41, 5.74) is 0. The monoisotopic (exact) mass is 205 g/mol. The number of hydrogen-bond donors (Lipinski definition) is 3. The van der Waals surface area contributed by atoms with Crippen LogP contribution in [-0.2, 0) is 4.79 Å². The molecule has 0 saturated heterocycles. The number of carboxylic acid groups (broad SMARTS) is 1. The van der Waals surface area contributed by atoms with Gasteiger partial charge in [0, 0.05) is 0 Å². The topological polar surface area (TPSA) is 69.6 Å². The normalized spacial score (nSPS) is 9.07. The van der Waals surface area contributed by atoms with Gasteiger partial charge in [0.15, 0.2) is 0 Å². The van der Waals surface area contributed by atoms with Gasteiger partial charge in [-0.1, -0.05) is 26.7 Å². The SMILES string of the molecule is CCCCNCCCC.O=C(O)CO. The van der Waals surface area contributed by atoms with Crippen molar-refractivity contribution in [3.05, 3.63) is 0 Å². The Bertz CT molecular complexity index is 112. The molecule has 0 fully saturated rings. The second kappa shape index (κ2) is 14.9. The van der Waals surface area contributed by atoms with Gasteiger partial charge in [0.05, 0.1) is 0 Å². The second-order valence-electron chi connectivity index (χ2n) is 3.01. The van der Waals surface area contributed by atoms with E-state index in [9.17, 15) is 0 Å². The summed E-state index contributed by atoms with van der Waals surface area (Å²) in [7, 11) is 0. The molecule has 0 atom stereocenters. The van der Waals surface area contributed by atoms with E-state index in [0.29, 0.717) is 0 Å². The van der Waals surface area contributed by atoms with E-state index >= 15 is 0 Å². The molecular weight excluding hydrogens is 182 g/mol. The highest BCUT2D eigenvalue weighted by Gasteiger charge is 1.83.